The van der Waals surface area contributed by atoms with Crippen molar-refractivity contribution < 1.29 is 22.7 Å². The molecule has 3 aromatic rings. The highest BCUT2D eigenvalue weighted by Gasteiger charge is 2.33. The van der Waals surface area contributed by atoms with E-state index in [-0.39, 0.29) is 33.2 Å². The molecule has 12 heteroatoms. The molecular formula is C29H32Cl3N3O5S. The van der Waals surface area contributed by atoms with Crippen molar-refractivity contribution in [3.63, 3.8) is 0 Å². The third-order valence-corrected chi connectivity index (χ3v) is 9.07. The molecule has 0 saturated carbocycles. The van der Waals surface area contributed by atoms with Crippen molar-refractivity contribution in [3.05, 3.63) is 86.9 Å². The number of carbonyl (C=O) groups is 2. The smallest absolute Gasteiger partial charge is 0.264 e. The van der Waals surface area contributed by atoms with Crippen LogP contribution in [0.5, 0.6) is 5.75 Å². The van der Waals surface area contributed by atoms with Gasteiger partial charge in [-0.1, -0.05) is 58.6 Å². The highest BCUT2D eigenvalue weighted by Crippen LogP contribution is 2.32. The average molecular weight is 641 g/mol. The molecule has 0 unspecified atom stereocenters. The van der Waals surface area contributed by atoms with Crippen molar-refractivity contribution in [1.29, 1.82) is 0 Å². The van der Waals surface area contributed by atoms with Gasteiger partial charge in [-0.25, -0.2) is 8.42 Å². The number of nitrogens with zero attached hydrogens (tertiary/aromatic N) is 2. The first kappa shape index (κ1) is 32.5. The van der Waals surface area contributed by atoms with E-state index in [0.29, 0.717) is 16.3 Å². The maximum Gasteiger partial charge on any atom is 0.264 e. The van der Waals surface area contributed by atoms with Gasteiger partial charge in [0.15, 0.2) is 0 Å². The van der Waals surface area contributed by atoms with E-state index in [1.807, 2.05) is 6.92 Å². The van der Waals surface area contributed by atoms with E-state index >= 15 is 0 Å². The molecule has 0 saturated heterocycles. The Bertz CT molecular complexity index is 1510. The Balaban J connectivity index is 2.08. The Kier molecular flexibility index (Phi) is 10.9. The second kappa shape index (κ2) is 13.8. The second-order valence-electron chi connectivity index (χ2n) is 9.75. The minimum atomic E-state index is -4.24. The van der Waals surface area contributed by atoms with Crippen LogP contribution in [-0.4, -0.2) is 50.9 Å². The van der Waals surface area contributed by atoms with Gasteiger partial charge in [0.1, 0.15) is 18.3 Å². The number of ether oxygens (including phenoxy) is 1. The number of aryl methyl sites for hydroxylation is 1. The molecule has 3 aromatic carbocycles. The number of carbonyl (C=O) groups excluding carboxylic acids is 2. The minimum absolute atomic E-state index is 0.00975. The maximum atomic E-state index is 14.0. The van der Waals surface area contributed by atoms with E-state index in [9.17, 15) is 18.0 Å². The van der Waals surface area contributed by atoms with Crippen LogP contribution in [0.4, 0.5) is 5.69 Å². The Labute approximate surface area is 256 Å². The van der Waals surface area contributed by atoms with Gasteiger partial charge in [0.25, 0.3) is 10.0 Å². The molecule has 0 aromatic heterocycles. The van der Waals surface area contributed by atoms with E-state index in [4.69, 9.17) is 39.5 Å². The summed E-state index contributed by atoms with van der Waals surface area (Å²) in [7, 11) is -2.80. The van der Waals surface area contributed by atoms with Crippen LogP contribution in [0, 0.1) is 6.92 Å². The third-order valence-electron chi connectivity index (χ3n) is 6.25. The quantitative estimate of drug-likeness (QED) is 0.273. The number of hydrogen-bond acceptors (Lipinski definition) is 5. The summed E-state index contributed by atoms with van der Waals surface area (Å²) in [5, 5.41) is 3.60. The molecule has 3 rings (SSSR count). The van der Waals surface area contributed by atoms with Crippen LogP contribution in [0.25, 0.3) is 0 Å². The van der Waals surface area contributed by atoms with Gasteiger partial charge in [0, 0.05) is 12.6 Å². The molecule has 0 spiro atoms. The average Bonchev–Trinajstić information content (AvgIpc) is 2.91. The molecule has 41 heavy (non-hydrogen) atoms. The third kappa shape index (κ3) is 8.07. The molecule has 1 atom stereocenters. The minimum Gasteiger partial charge on any atom is -0.495 e. The topological polar surface area (TPSA) is 96.0 Å². The molecule has 0 heterocycles. The first-order chi connectivity index (χ1) is 19.2. The van der Waals surface area contributed by atoms with E-state index in [2.05, 4.69) is 5.32 Å². The highest BCUT2D eigenvalue weighted by molar-refractivity contribution is 7.92. The first-order valence-corrected chi connectivity index (χ1v) is 15.3. The fourth-order valence-electron chi connectivity index (χ4n) is 4.00. The number of halogens is 3. The number of nitrogens with one attached hydrogen (secondary N) is 1. The predicted octanol–water partition coefficient (Wildman–Crippen LogP) is 6.10. The first-order valence-electron chi connectivity index (χ1n) is 12.7. The molecule has 220 valence electrons. The number of hydrogen-bond donors (Lipinski definition) is 1. The molecule has 0 bridgehead atoms. The van der Waals surface area contributed by atoms with Gasteiger partial charge >= 0.3 is 0 Å². The molecule has 0 aliphatic carbocycles. The fourth-order valence-corrected chi connectivity index (χ4v) is 5.98. The zero-order chi connectivity index (χ0) is 30.5. The van der Waals surface area contributed by atoms with Gasteiger partial charge in [-0.05, 0) is 75.7 Å². The monoisotopic (exact) mass is 639 g/mol. The van der Waals surface area contributed by atoms with Crippen LogP contribution < -0.4 is 14.4 Å². The zero-order valence-corrected chi connectivity index (χ0v) is 26.4. The maximum absolute atomic E-state index is 14.0. The number of methoxy groups -OCH3 is 1. The summed E-state index contributed by atoms with van der Waals surface area (Å²) in [5.74, 6) is -0.673. The van der Waals surface area contributed by atoms with Crippen LogP contribution in [0.1, 0.15) is 31.9 Å². The summed E-state index contributed by atoms with van der Waals surface area (Å²) in [6.07, 6.45) is 0. The van der Waals surface area contributed by atoms with Gasteiger partial charge in [-0.3, -0.25) is 13.9 Å². The summed E-state index contributed by atoms with van der Waals surface area (Å²) in [6, 6.07) is 14.5. The fraction of sp³-hybridized carbons (Fsp3) is 0.310. The lowest BCUT2D eigenvalue weighted by Gasteiger charge is -2.32. The predicted molar refractivity (Wildman–Crippen MR) is 163 cm³/mol. The lowest BCUT2D eigenvalue weighted by atomic mass is 10.1. The van der Waals surface area contributed by atoms with E-state index in [1.54, 1.807) is 51.1 Å². The molecule has 8 nitrogen and oxygen atoms in total. The number of amides is 2. The van der Waals surface area contributed by atoms with Crippen molar-refractivity contribution in [2.75, 3.05) is 18.0 Å². The van der Waals surface area contributed by atoms with Gasteiger partial charge < -0.3 is 15.0 Å². The van der Waals surface area contributed by atoms with Gasteiger partial charge in [0.2, 0.25) is 11.8 Å². The Hall–Kier alpha value is -2.98. The lowest BCUT2D eigenvalue weighted by molar-refractivity contribution is -0.139. The van der Waals surface area contributed by atoms with Crippen LogP contribution >= 0.6 is 34.8 Å². The van der Waals surface area contributed by atoms with Crippen LogP contribution in [0.3, 0.4) is 0 Å². The van der Waals surface area contributed by atoms with Crippen molar-refractivity contribution in [2.24, 2.45) is 0 Å². The van der Waals surface area contributed by atoms with Crippen molar-refractivity contribution in [1.82, 2.24) is 10.2 Å². The zero-order valence-electron chi connectivity index (χ0n) is 23.3. The lowest BCUT2D eigenvalue weighted by Crippen LogP contribution is -2.52. The molecule has 2 amide bonds. The van der Waals surface area contributed by atoms with Crippen molar-refractivity contribution in [2.45, 2.75) is 51.2 Å². The Morgan fingerprint density at radius 1 is 0.902 bits per heavy atom. The summed E-state index contributed by atoms with van der Waals surface area (Å²) < 4.78 is 34.0. The van der Waals surface area contributed by atoms with Crippen LogP contribution in [-0.2, 0) is 26.2 Å². The normalized spacial score (nSPS) is 12.1. The summed E-state index contributed by atoms with van der Waals surface area (Å²) in [5.41, 5.74) is 1.63. The number of anilines is 1. The highest BCUT2D eigenvalue weighted by atomic mass is 35.5. The van der Waals surface area contributed by atoms with E-state index in [1.165, 1.54) is 42.3 Å². The summed E-state index contributed by atoms with van der Waals surface area (Å²) in [4.78, 5) is 28.3. The molecule has 0 fully saturated rings. The standard InChI is InChI=1S/C29H32Cl3N3O5S/c1-18(2)33-29(37)20(4)34(16-21-8-12-24(30)25(31)14-21)28(36)17-35(22-9-13-27(40-5)26(32)15-22)41(38,39)23-10-6-19(3)7-11-23/h6-15,18,20H,16-17H2,1-5H3,(H,33,37)/t20-/m1/s1. The Morgan fingerprint density at radius 2 is 1.56 bits per heavy atom. The van der Waals surface area contributed by atoms with Crippen molar-refractivity contribution in [3.8, 4) is 5.75 Å². The van der Waals surface area contributed by atoms with Gasteiger partial charge in [-0.15, -0.1) is 0 Å². The van der Waals surface area contributed by atoms with Gasteiger partial charge in [0.05, 0.1) is 32.8 Å². The SMILES string of the molecule is COc1ccc(N(CC(=O)N(Cc2ccc(Cl)c(Cl)c2)[C@H](C)C(=O)NC(C)C)S(=O)(=O)c2ccc(C)cc2)cc1Cl. The molecule has 0 aliphatic rings. The molecule has 0 radical (unpaired) electrons. The largest absolute Gasteiger partial charge is 0.495 e. The van der Waals surface area contributed by atoms with Gasteiger partial charge in [-0.2, -0.15) is 0 Å². The van der Waals surface area contributed by atoms with Crippen LogP contribution in [0.15, 0.2) is 65.6 Å². The molecule has 1 N–H and O–H groups in total. The number of benzene rings is 3. The number of rotatable bonds is 11. The van der Waals surface area contributed by atoms with Crippen molar-refractivity contribution >= 4 is 62.3 Å². The van der Waals surface area contributed by atoms with Crippen LogP contribution in [0.2, 0.25) is 15.1 Å². The summed E-state index contributed by atoms with van der Waals surface area (Å²) >= 11 is 18.6. The summed E-state index contributed by atoms with van der Waals surface area (Å²) in [6.45, 7) is 6.39. The molecular weight excluding hydrogens is 609 g/mol. The van der Waals surface area contributed by atoms with E-state index < -0.39 is 34.4 Å². The number of sulfonamides is 1. The molecule has 0 aliphatic heterocycles. The Morgan fingerprint density at radius 3 is 2.12 bits per heavy atom. The van der Waals surface area contributed by atoms with E-state index in [0.717, 1.165) is 9.87 Å². The second-order valence-corrected chi connectivity index (χ2v) is 12.8.